The average Bonchev–Trinajstić information content (AvgIpc) is 3.44. The van der Waals surface area contributed by atoms with Crippen LogP contribution in [-0.2, 0) is 37.5 Å². The number of rotatable bonds is 38. The summed E-state index contributed by atoms with van der Waals surface area (Å²) in [5, 5.41) is 20.7. The summed E-state index contributed by atoms with van der Waals surface area (Å²) in [6.07, 6.45) is 27.1. The molecule has 1 unspecified atom stereocenters. The molecule has 1 aliphatic carbocycles. The second-order valence-electron chi connectivity index (χ2n) is 15.7. The molecule has 1 fully saturated rings. The van der Waals surface area contributed by atoms with Crippen molar-refractivity contribution in [1.29, 1.82) is 0 Å². The first-order chi connectivity index (χ1) is 27.0. The van der Waals surface area contributed by atoms with Gasteiger partial charge < -0.3 is 30.3 Å². The number of allylic oxidation sites excluding steroid dienone is 1. The van der Waals surface area contributed by atoms with Gasteiger partial charge in [-0.25, -0.2) is 4.57 Å². The molecule has 1 saturated carbocycles. The Morgan fingerprint density at radius 3 is 1.86 bits per heavy atom. The fourth-order valence-corrected chi connectivity index (χ4v) is 7.95. The zero-order valence-corrected chi connectivity index (χ0v) is 36.0. The van der Waals surface area contributed by atoms with E-state index in [2.05, 4.69) is 13.8 Å². The highest BCUT2D eigenvalue weighted by molar-refractivity contribution is 7.47. The number of carbonyl (C=O) groups excluding carboxylic acids is 3. The van der Waals surface area contributed by atoms with E-state index in [0.29, 0.717) is 25.7 Å². The Balaban J connectivity index is 2.35. The van der Waals surface area contributed by atoms with E-state index < -0.39 is 44.7 Å². The molecule has 0 aromatic heterocycles. The first kappa shape index (κ1) is 52.4. The summed E-state index contributed by atoms with van der Waals surface area (Å²) in [4.78, 5) is 47.6. The van der Waals surface area contributed by atoms with Gasteiger partial charge in [-0.15, -0.1) is 0 Å². The van der Waals surface area contributed by atoms with Crippen LogP contribution in [0, 0.1) is 11.8 Å². The van der Waals surface area contributed by atoms with Crippen LogP contribution in [0.1, 0.15) is 187 Å². The van der Waals surface area contributed by atoms with Crippen LogP contribution >= 0.6 is 7.82 Å². The smallest absolute Gasteiger partial charge is 0.462 e. The lowest BCUT2D eigenvalue weighted by Crippen LogP contribution is -2.29. The zero-order chi connectivity index (χ0) is 41.3. The van der Waals surface area contributed by atoms with Crippen LogP contribution < -0.4 is 5.73 Å². The van der Waals surface area contributed by atoms with E-state index in [1.54, 1.807) is 12.2 Å². The quantitative estimate of drug-likeness (QED) is 0.0200. The second kappa shape index (κ2) is 34.2. The van der Waals surface area contributed by atoms with Gasteiger partial charge in [0.1, 0.15) is 12.4 Å². The van der Waals surface area contributed by atoms with Gasteiger partial charge in [0.25, 0.3) is 0 Å². The Kier molecular flexibility index (Phi) is 32.0. The van der Waals surface area contributed by atoms with Crippen LogP contribution in [0.25, 0.3) is 0 Å². The Bertz CT molecular complexity index is 1090. The maximum absolute atomic E-state index is 12.6. The number of hydrogen-bond acceptors (Lipinski definition) is 11. The number of Topliss-reactive ketones (excluding diaryl/α,β-unsaturated/α-hetero) is 1. The monoisotopic (exact) mass is 818 g/mol. The third-order valence-electron chi connectivity index (χ3n) is 10.6. The minimum Gasteiger partial charge on any atom is -0.462 e. The van der Waals surface area contributed by atoms with Crippen LogP contribution in [0.4, 0.5) is 0 Å². The Labute approximate surface area is 339 Å². The molecule has 0 radical (unpaired) electrons. The summed E-state index contributed by atoms with van der Waals surface area (Å²) in [7, 11) is -4.43. The van der Waals surface area contributed by atoms with Crippen molar-refractivity contribution in [1.82, 2.24) is 0 Å². The van der Waals surface area contributed by atoms with Gasteiger partial charge in [0.15, 0.2) is 6.10 Å². The molecule has 0 aliphatic heterocycles. The number of unbranched alkanes of at least 4 members (excludes halogenated alkanes) is 19. The molecule has 56 heavy (non-hydrogen) atoms. The lowest BCUT2D eigenvalue weighted by atomic mass is 9.88. The molecule has 0 heterocycles. The lowest BCUT2D eigenvalue weighted by molar-refractivity contribution is -0.161. The van der Waals surface area contributed by atoms with E-state index in [1.165, 1.54) is 70.6 Å². The third kappa shape index (κ3) is 27.9. The van der Waals surface area contributed by atoms with Crippen molar-refractivity contribution in [2.75, 3.05) is 26.4 Å². The van der Waals surface area contributed by atoms with Gasteiger partial charge in [0, 0.05) is 31.7 Å². The number of nitrogens with two attached hydrogens (primary N) is 1. The highest BCUT2D eigenvalue weighted by Gasteiger charge is 2.39. The van der Waals surface area contributed by atoms with Gasteiger partial charge >= 0.3 is 19.8 Å². The topological polar surface area (TPSA) is 192 Å². The van der Waals surface area contributed by atoms with Crippen molar-refractivity contribution in [2.24, 2.45) is 17.6 Å². The number of carbonyl (C=O) groups is 3. The number of aliphatic hydroxyl groups is 2. The molecule has 13 heteroatoms. The number of hydrogen-bond donors (Lipinski definition) is 4. The third-order valence-corrected chi connectivity index (χ3v) is 11.5. The normalized spacial score (nSPS) is 19.3. The molecular weight excluding hydrogens is 737 g/mol. The molecule has 6 atom stereocenters. The molecule has 1 aliphatic rings. The maximum Gasteiger partial charge on any atom is 0.472 e. The SMILES string of the molecule is CCCCCCCCCCCCCCCCCC(=O)O[C@H](COC(=O)CCCCCC[C@H]1[C@@H](O)CC(=O)[C@@H]1/C=C/[C@@H](O)CCCCC)COP(=O)(O)OCCN. The van der Waals surface area contributed by atoms with Crippen LogP contribution in [0.15, 0.2) is 12.2 Å². The van der Waals surface area contributed by atoms with Crippen LogP contribution in [-0.4, -0.2) is 77.5 Å². The van der Waals surface area contributed by atoms with Crippen molar-refractivity contribution in [3.05, 3.63) is 12.2 Å². The predicted octanol–water partition coefficient (Wildman–Crippen LogP) is 9.20. The average molecular weight is 818 g/mol. The van der Waals surface area contributed by atoms with E-state index in [0.717, 1.165) is 57.8 Å². The minimum absolute atomic E-state index is 0.00607. The van der Waals surface area contributed by atoms with E-state index in [4.69, 9.17) is 24.3 Å². The number of aliphatic hydroxyl groups excluding tert-OH is 2. The van der Waals surface area contributed by atoms with Crippen molar-refractivity contribution in [2.45, 2.75) is 206 Å². The molecule has 328 valence electrons. The molecule has 0 amide bonds. The summed E-state index contributed by atoms with van der Waals surface area (Å²) >= 11 is 0. The lowest BCUT2D eigenvalue weighted by Gasteiger charge is -2.20. The van der Waals surface area contributed by atoms with Gasteiger partial charge in [-0.2, -0.15) is 0 Å². The second-order valence-corrected chi connectivity index (χ2v) is 17.2. The molecule has 12 nitrogen and oxygen atoms in total. The molecule has 0 spiro atoms. The Morgan fingerprint density at radius 1 is 0.768 bits per heavy atom. The van der Waals surface area contributed by atoms with Gasteiger partial charge in [0.05, 0.1) is 25.4 Å². The van der Waals surface area contributed by atoms with Crippen molar-refractivity contribution < 1.29 is 52.6 Å². The summed E-state index contributed by atoms with van der Waals surface area (Å²) in [5.74, 6) is -1.54. The standard InChI is InChI=1S/C43H80NO11P/c1-3-5-7-8-9-10-11-12-13-14-15-16-17-18-24-28-43(49)55-37(35-54-56(50,51)53-32-31-44)34-52-42(48)27-23-20-19-22-26-38-39(41(47)33-40(38)46)30-29-36(45)25-21-6-4-2/h29-30,36-40,45-46H,3-28,31-35,44H2,1-2H3,(H,50,51)/b30-29+/t36-,37+,38+,39+,40-/m0/s1. The highest BCUT2D eigenvalue weighted by Crippen LogP contribution is 2.43. The van der Waals surface area contributed by atoms with Crippen molar-refractivity contribution in [3.8, 4) is 0 Å². The molecule has 5 N–H and O–H groups in total. The minimum atomic E-state index is -4.43. The molecule has 0 aromatic rings. The van der Waals surface area contributed by atoms with Gasteiger partial charge in [-0.1, -0.05) is 154 Å². The van der Waals surface area contributed by atoms with E-state index >= 15 is 0 Å². The predicted molar refractivity (Wildman–Crippen MR) is 221 cm³/mol. The van der Waals surface area contributed by atoms with Crippen molar-refractivity contribution in [3.63, 3.8) is 0 Å². The first-order valence-electron chi connectivity index (χ1n) is 22.3. The van der Waals surface area contributed by atoms with Crippen LogP contribution in [0.2, 0.25) is 0 Å². The fraction of sp³-hybridized carbons (Fsp3) is 0.884. The maximum atomic E-state index is 12.6. The molecule has 1 rings (SSSR count). The summed E-state index contributed by atoms with van der Waals surface area (Å²) in [6, 6.07) is 0. The van der Waals surface area contributed by atoms with Gasteiger partial charge in [0.2, 0.25) is 0 Å². The molecule has 0 bridgehead atoms. The number of esters is 2. The van der Waals surface area contributed by atoms with E-state index in [-0.39, 0.29) is 56.6 Å². The van der Waals surface area contributed by atoms with Gasteiger partial charge in [-0.05, 0) is 31.6 Å². The number of ketones is 1. The zero-order valence-electron chi connectivity index (χ0n) is 35.1. The number of phosphoric ester groups is 1. The Morgan fingerprint density at radius 2 is 1.29 bits per heavy atom. The molecule has 0 aromatic carbocycles. The molecule has 0 saturated heterocycles. The fourth-order valence-electron chi connectivity index (χ4n) is 7.19. The van der Waals surface area contributed by atoms with Crippen LogP contribution in [0.3, 0.4) is 0 Å². The van der Waals surface area contributed by atoms with Crippen LogP contribution in [0.5, 0.6) is 0 Å². The molecular formula is C43H80NO11P. The first-order valence-corrected chi connectivity index (χ1v) is 23.8. The van der Waals surface area contributed by atoms with E-state index in [9.17, 15) is 34.1 Å². The number of ether oxygens (including phenoxy) is 2. The number of phosphoric acid groups is 1. The van der Waals surface area contributed by atoms with Crippen molar-refractivity contribution >= 4 is 25.5 Å². The van der Waals surface area contributed by atoms with Gasteiger partial charge in [-0.3, -0.25) is 23.4 Å². The summed E-state index contributed by atoms with van der Waals surface area (Å²) in [5.41, 5.74) is 5.34. The van der Waals surface area contributed by atoms with E-state index in [1.807, 2.05) is 0 Å². The Hall–Kier alpha value is -1.66. The summed E-state index contributed by atoms with van der Waals surface area (Å²) in [6.45, 7) is 3.38. The summed E-state index contributed by atoms with van der Waals surface area (Å²) < 4.78 is 32.8. The largest absolute Gasteiger partial charge is 0.472 e. The highest BCUT2D eigenvalue weighted by atomic mass is 31.2.